The molecule has 3 aliphatic rings. The lowest BCUT2D eigenvalue weighted by molar-refractivity contribution is -0.314. The van der Waals surface area contributed by atoms with Crippen molar-refractivity contribution >= 4 is 0 Å². The lowest BCUT2D eigenvalue weighted by Gasteiger charge is -2.47. The summed E-state index contributed by atoms with van der Waals surface area (Å²) in [5.41, 5.74) is 29.8. The fourth-order valence-corrected chi connectivity index (χ4v) is 4.43. The number of ether oxygens (including phenoxy) is 4. The molecule has 0 aromatic heterocycles. The van der Waals surface area contributed by atoms with Gasteiger partial charge in [-0.25, -0.2) is 0 Å². The standard InChI is InChI=1S/C18H37N5O9/c19-3-9-8(25)2-7(22)17(29-9)31-15-5(20)1-6(21)16(14(15)28)32-18-13(27)11(23)12(26)10(4-24)30-18/h5-18,24-28H,1-4,19-23H2/t5?,6?,7?,8?,9-,10-,11?,12?,13?,14?,15?,16?,17?,18?/m1/s1. The Morgan fingerprint density at radius 1 is 0.719 bits per heavy atom. The zero-order valence-corrected chi connectivity index (χ0v) is 17.7. The normalized spacial score (nSPS) is 52.7. The van der Waals surface area contributed by atoms with Crippen molar-refractivity contribution in [2.45, 2.75) is 98.4 Å². The first kappa shape index (κ1) is 26.1. The Morgan fingerprint density at radius 3 is 1.84 bits per heavy atom. The summed E-state index contributed by atoms with van der Waals surface area (Å²) in [4.78, 5) is 0. The molecule has 14 heteroatoms. The van der Waals surface area contributed by atoms with Crippen LogP contribution in [0.4, 0.5) is 0 Å². The number of aliphatic hydroxyl groups excluding tert-OH is 5. The van der Waals surface area contributed by atoms with Crippen LogP contribution in [0, 0.1) is 0 Å². The van der Waals surface area contributed by atoms with Gasteiger partial charge in [0.25, 0.3) is 0 Å². The smallest absolute Gasteiger partial charge is 0.186 e. The molecule has 3 fully saturated rings. The van der Waals surface area contributed by atoms with Gasteiger partial charge in [0.05, 0.1) is 30.9 Å². The van der Waals surface area contributed by atoms with Crippen molar-refractivity contribution in [2.75, 3.05) is 13.2 Å². The zero-order chi connectivity index (χ0) is 23.7. The Balaban J connectivity index is 1.70. The number of hydrogen-bond acceptors (Lipinski definition) is 14. The van der Waals surface area contributed by atoms with Crippen LogP contribution in [0.5, 0.6) is 0 Å². The summed E-state index contributed by atoms with van der Waals surface area (Å²) in [7, 11) is 0. The minimum atomic E-state index is -1.44. The fourth-order valence-electron chi connectivity index (χ4n) is 4.43. The summed E-state index contributed by atoms with van der Waals surface area (Å²) >= 11 is 0. The summed E-state index contributed by atoms with van der Waals surface area (Å²) in [6.45, 7) is -0.499. The zero-order valence-electron chi connectivity index (χ0n) is 17.7. The first-order valence-corrected chi connectivity index (χ1v) is 10.8. The topological polar surface area (TPSA) is 268 Å². The Hall–Kier alpha value is -0.560. The van der Waals surface area contributed by atoms with Gasteiger partial charge >= 0.3 is 0 Å². The van der Waals surface area contributed by atoms with E-state index in [-0.39, 0.29) is 19.4 Å². The van der Waals surface area contributed by atoms with Gasteiger partial charge in [-0.3, -0.25) is 0 Å². The second-order valence-corrected chi connectivity index (χ2v) is 8.78. The molecule has 2 aliphatic heterocycles. The number of aliphatic hydroxyl groups is 5. The predicted molar refractivity (Wildman–Crippen MR) is 108 cm³/mol. The average Bonchev–Trinajstić information content (AvgIpc) is 2.75. The van der Waals surface area contributed by atoms with Crippen LogP contribution in [0.15, 0.2) is 0 Å². The molecule has 12 unspecified atom stereocenters. The van der Waals surface area contributed by atoms with Gasteiger partial charge in [0.15, 0.2) is 12.6 Å². The van der Waals surface area contributed by atoms with E-state index in [0.29, 0.717) is 0 Å². The summed E-state index contributed by atoms with van der Waals surface area (Å²) in [5, 5.41) is 50.7. The first-order valence-electron chi connectivity index (χ1n) is 10.8. The fraction of sp³-hybridized carbons (Fsp3) is 1.00. The van der Waals surface area contributed by atoms with Crippen molar-refractivity contribution in [3.8, 4) is 0 Å². The van der Waals surface area contributed by atoms with E-state index in [9.17, 15) is 25.5 Å². The van der Waals surface area contributed by atoms with Crippen LogP contribution in [-0.2, 0) is 18.9 Å². The molecule has 32 heavy (non-hydrogen) atoms. The third-order valence-electron chi connectivity index (χ3n) is 6.41. The predicted octanol–water partition coefficient (Wildman–Crippen LogP) is -6.30. The van der Waals surface area contributed by atoms with Crippen molar-refractivity contribution in [3.63, 3.8) is 0 Å². The molecule has 1 aliphatic carbocycles. The molecule has 0 radical (unpaired) electrons. The largest absolute Gasteiger partial charge is 0.394 e. The summed E-state index contributed by atoms with van der Waals surface area (Å²) in [5.74, 6) is 0. The highest BCUT2D eigenvalue weighted by Crippen LogP contribution is 2.30. The molecule has 0 bridgehead atoms. The molecule has 3 rings (SSSR count). The van der Waals surface area contributed by atoms with E-state index < -0.39 is 92.2 Å². The maximum absolute atomic E-state index is 11.0. The highest BCUT2D eigenvalue weighted by Gasteiger charge is 2.50. The van der Waals surface area contributed by atoms with Crippen LogP contribution < -0.4 is 28.7 Å². The van der Waals surface area contributed by atoms with Crippen LogP contribution in [0.2, 0.25) is 0 Å². The molecule has 0 amide bonds. The van der Waals surface area contributed by atoms with E-state index in [1.54, 1.807) is 0 Å². The van der Waals surface area contributed by atoms with Crippen LogP contribution in [0.1, 0.15) is 12.8 Å². The van der Waals surface area contributed by atoms with Gasteiger partial charge in [0.1, 0.15) is 36.6 Å². The summed E-state index contributed by atoms with van der Waals surface area (Å²) in [6, 6.07) is -3.27. The van der Waals surface area contributed by atoms with Crippen molar-refractivity contribution in [1.29, 1.82) is 0 Å². The molecular formula is C18H37N5O9. The molecule has 2 saturated heterocycles. The Morgan fingerprint density at radius 2 is 1.28 bits per heavy atom. The van der Waals surface area contributed by atoms with E-state index in [0.717, 1.165) is 0 Å². The highest BCUT2D eigenvalue weighted by atomic mass is 16.7. The van der Waals surface area contributed by atoms with Gasteiger partial charge in [-0.05, 0) is 12.8 Å². The number of nitrogens with two attached hydrogens (primary N) is 5. The van der Waals surface area contributed by atoms with Crippen molar-refractivity contribution < 1.29 is 44.5 Å². The third-order valence-corrected chi connectivity index (χ3v) is 6.41. The molecule has 0 spiro atoms. The molecule has 14 nitrogen and oxygen atoms in total. The third kappa shape index (κ3) is 5.24. The van der Waals surface area contributed by atoms with Crippen molar-refractivity contribution in [2.24, 2.45) is 28.7 Å². The minimum absolute atomic E-state index is 0.0542. The number of hydrogen-bond donors (Lipinski definition) is 10. The minimum Gasteiger partial charge on any atom is -0.394 e. The quantitative estimate of drug-likeness (QED) is 0.174. The molecule has 0 aromatic rings. The maximum atomic E-state index is 11.0. The monoisotopic (exact) mass is 467 g/mol. The van der Waals surface area contributed by atoms with E-state index >= 15 is 0 Å². The van der Waals surface area contributed by atoms with Crippen LogP contribution in [-0.4, -0.2) is 124 Å². The Kier molecular flexibility index (Phi) is 8.79. The molecular weight excluding hydrogens is 430 g/mol. The van der Waals surface area contributed by atoms with Gasteiger partial charge in [-0.2, -0.15) is 0 Å². The lowest BCUT2D eigenvalue weighted by atomic mass is 9.84. The second kappa shape index (κ2) is 10.8. The van der Waals surface area contributed by atoms with Crippen LogP contribution in [0.3, 0.4) is 0 Å². The Labute approximate surface area is 185 Å². The van der Waals surface area contributed by atoms with Gasteiger partial charge in [0.2, 0.25) is 0 Å². The summed E-state index contributed by atoms with van der Waals surface area (Å²) in [6.07, 6.45) is -10.8. The van der Waals surface area contributed by atoms with Crippen molar-refractivity contribution in [3.05, 3.63) is 0 Å². The van der Waals surface area contributed by atoms with Crippen LogP contribution >= 0.6 is 0 Å². The highest BCUT2D eigenvalue weighted by molar-refractivity contribution is 5.01. The Bertz CT molecular complexity index is 607. The molecule has 1 saturated carbocycles. The summed E-state index contributed by atoms with van der Waals surface area (Å²) < 4.78 is 22.7. The van der Waals surface area contributed by atoms with Gasteiger partial charge in [0, 0.05) is 18.6 Å². The first-order chi connectivity index (χ1) is 15.1. The van der Waals surface area contributed by atoms with Crippen LogP contribution in [0.25, 0.3) is 0 Å². The van der Waals surface area contributed by atoms with Gasteiger partial charge in [-0.15, -0.1) is 0 Å². The molecule has 2 heterocycles. The molecule has 14 atom stereocenters. The number of rotatable bonds is 6. The average molecular weight is 468 g/mol. The SMILES string of the molecule is NC[C@H]1OC(OC2C(N)CC(N)C(OC3O[C@H](CO)C(O)C(N)C3O)C2O)C(N)CC1O. The van der Waals surface area contributed by atoms with Gasteiger partial charge < -0.3 is 73.1 Å². The van der Waals surface area contributed by atoms with E-state index in [4.69, 9.17) is 47.6 Å². The van der Waals surface area contributed by atoms with Gasteiger partial charge in [-0.1, -0.05) is 0 Å². The molecule has 188 valence electrons. The van der Waals surface area contributed by atoms with Crippen molar-refractivity contribution in [1.82, 2.24) is 0 Å². The maximum Gasteiger partial charge on any atom is 0.186 e. The second-order valence-electron chi connectivity index (χ2n) is 8.78. The molecule has 15 N–H and O–H groups in total. The lowest BCUT2D eigenvalue weighted by Crippen LogP contribution is -2.68. The van der Waals surface area contributed by atoms with E-state index in [2.05, 4.69) is 0 Å². The van der Waals surface area contributed by atoms with E-state index in [1.165, 1.54) is 0 Å². The molecule has 0 aromatic carbocycles. The van der Waals surface area contributed by atoms with E-state index in [1.807, 2.05) is 0 Å².